The van der Waals surface area contributed by atoms with Gasteiger partial charge in [0, 0.05) is 22.4 Å². The molecule has 112 valence electrons. The number of carbonyl (C=O) groups excluding carboxylic acids is 1. The summed E-state index contributed by atoms with van der Waals surface area (Å²) < 4.78 is 1.89. The van der Waals surface area contributed by atoms with E-state index < -0.39 is 0 Å². The summed E-state index contributed by atoms with van der Waals surface area (Å²) in [6.07, 6.45) is 0. The van der Waals surface area contributed by atoms with Crippen molar-refractivity contribution in [2.24, 2.45) is 0 Å². The van der Waals surface area contributed by atoms with Crippen LogP contribution < -0.4 is 10.6 Å². The average Bonchev–Trinajstić information content (AvgIpc) is 2.70. The summed E-state index contributed by atoms with van der Waals surface area (Å²) >= 11 is 5.80. The number of aryl methyl sites for hydroxylation is 2. The first kappa shape index (κ1) is 15.4. The van der Waals surface area contributed by atoms with Crippen molar-refractivity contribution in [1.82, 2.24) is 15.1 Å². The van der Waals surface area contributed by atoms with Gasteiger partial charge in [-0.1, -0.05) is 11.6 Å². The van der Waals surface area contributed by atoms with E-state index in [-0.39, 0.29) is 12.1 Å². The van der Waals surface area contributed by atoms with Crippen LogP contribution >= 0.6 is 11.6 Å². The number of anilines is 1. The van der Waals surface area contributed by atoms with Crippen molar-refractivity contribution < 1.29 is 4.79 Å². The molecule has 0 radical (unpaired) electrons. The van der Waals surface area contributed by atoms with Gasteiger partial charge in [-0.2, -0.15) is 5.10 Å². The summed E-state index contributed by atoms with van der Waals surface area (Å²) in [5.41, 5.74) is 2.76. The van der Waals surface area contributed by atoms with Crippen LogP contribution in [0, 0.1) is 13.8 Å². The lowest BCUT2D eigenvalue weighted by molar-refractivity contribution is 0.247. The molecule has 2 amide bonds. The van der Waals surface area contributed by atoms with Crippen LogP contribution in [0.25, 0.3) is 0 Å². The Labute approximate surface area is 129 Å². The molecule has 2 N–H and O–H groups in total. The SMILES string of the molecule is Cc1cc(C)n(CC(C)NC(=O)Nc2ccc(Cl)cc2)n1. The van der Waals surface area contributed by atoms with E-state index in [2.05, 4.69) is 15.7 Å². The fourth-order valence-corrected chi connectivity index (χ4v) is 2.21. The zero-order chi connectivity index (χ0) is 15.4. The number of halogens is 1. The Morgan fingerprint density at radius 2 is 2.00 bits per heavy atom. The molecule has 2 aromatic rings. The van der Waals surface area contributed by atoms with Gasteiger partial charge in [-0.15, -0.1) is 0 Å². The van der Waals surface area contributed by atoms with E-state index in [1.165, 1.54) is 0 Å². The topological polar surface area (TPSA) is 59.0 Å². The Morgan fingerprint density at radius 3 is 2.57 bits per heavy atom. The minimum Gasteiger partial charge on any atom is -0.334 e. The second-order valence-corrected chi connectivity index (χ2v) is 5.55. The molecule has 5 nitrogen and oxygen atoms in total. The van der Waals surface area contributed by atoms with Gasteiger partial charge in [0.15, 0.2) is 0 Å². The Kier molecular flexibility index (Phi) is 4.85. The smallest absolute Gasteiger partial charge is 0.319 e. The zero-order valence-corrected chi connectivity index (χ0v) is 13.1. The van der Waals surface area contributed by atoms with Gasteiger partial charge in [0.2, 0.25) is 0 Å². The molecule has 21 heavy (non-hydrogen) atoms. The lowest BCUT2D eigenvalue weighted by atomic mass is 10.3. The number of rotatable bonds is 4. The van der Waals surface area contributed by atoms with Crippen molar-refractivity contribution >= 4 is 23.3 Å². The molecule has 0 spiro atoms. The number of aromatic nitrogens is 2. The van der Waals surface area contributed by atoms with Crippen LogP contribution in [0.3, 0.4) is 0 Å². The predicted octanol–water partition coefficient (Wildman–Crippen LogP) is 3.36. The van der Waals surface area contributed by atoms with Gasteiger partial charge in [-0.3, -0.25) is 4.68 Å². The summed E-state index contributed by atoms with van der Waals surface area (Å²) in [7, 11) is 0. The van der Waals surface area contributed by atoms with Gasteiger partial charge in [0.05, 0.1) is 12.2 Å². The fourth-order valence-electron chi connectivity index (χ4n) is 2.09. The number of nitrogens with one attached hydrogen (secondary N) is 2. The molecule has 0 saturated carbocycles. The normalized spacial score (nSPS) is 12.0. The molecular weight excluding hydrogens is 288 g/mol. The largest absolute Gasteiger partial charge is 0.334 e. The van der Waals surface area contributed by atoms with E-state index >= 15 is 0 Å². The van der Waals surface area contributed by atoms with Gasteiger partial charge in [0.1, 0.15) is 0 Å². The number of benzene rings is 1. The second kappa shape index (κ2) is 6.63. The van der Waals surface area contributed by atoms with Gasteiger partial charge < -0.3 is 10.6 Å². The van der Waals surface area contributed by atoms with Crippen molar-refractivity contribution in [1.29, 1.82) is 0 Å². The van der Waals surface area contributed by atoms with E-state index in [9.17, 15) is 4.79 Å². The van der Waals surface area contributed by atoms with Crippen LogP contribution in [-0.4, -0.2) is 21.9 Å². The first-order valence-corrected chi connectivity index (χ1v) is 7.16. The van der Waals surface area contributed by atoms with Gasteiger partial charge in [-0.05, 0) is 51.1 Å². The highest BCUT2D eigenvalue weighted by Crippen LogP contribution is 2.13. The molecule has 1 heterocycles. The number of carbonyl (C=O) groups is 1. The molecule has 1 aromatic heterocycles. The highest BCUT2D eigenvalue weighted by Gasteiger charge is 2.10. The van der Waals surface area contributed by atoms with Crippen LogP contribution in [0.5, 0.6) is 0 Å². The lowest BCUT2D eigenvalue weighted by Crippen LogP contribution is -2.38. The highest BCUT2D eigenvalue weighted by atomic mass is 35.5. The molecule has 0 aliphatic heterocycles. The monoisotopic (exact) mass is 306 g/mol. The number of hydrogen-bond donors (Lipinski definition) is 2. The van der Waals surface area contributed by atoms with E-state index in [1.54, 1.807) is 24.3 Å². The van der Waals surface area contributed by atoms with E-state index in [0.29, 0.717) is 17.3 Å². The quantitative estimate of drug-likeness (QED) is 0.910. The van der Waals surface area contributed by atoms with Crippen molar-refractivity contribution in [2.75, 3.05) is 5.32 Å². The summed E-state index contributed by atoms with van der Waals surface area (Å²) in [6.45, 7) is 6.53. The third-order valence-corrected chi connectivity index (χ3v) is 3.28. The van der Waals surface area contributed by atoms with Crippen molar-refractivity contribution in [3.8, 4) is 0 Å². The number of nitrogens with zero attached hydrogens (tertiary/aromatic N) is 2. The molecule has 0 bridgehead atoms. The number of urea groups is 1. The molecule has 1 aromatic carbocycles. The minimum atomic E-state index is -0.244. The molecule has 2 rings (SSSR count). The standard InChI is InChI=1S/C15H19ClN4O/c1-10-8-12(3)20(19-10)9-11(2)17-15(21)18-14-6-4-13(16)5-7-14/h4-8,11H,9H2,1-3H3,(H2,17,18,21). The average molecular weight is 307 g/mol. The molecule has 1 atom stereocenters. The minimum absolute atomic E-state index is 0.0321. The second-order valence-electron chi connectivity index (χ2n) is 5.12. The maximum atomic E-state index is 11.9. The lowest BCUT2D eigenvalue weighted by Gasteiger charge is -2.15. The molecule has 0 fully saturated rings. The predicted molar refractivity (Wildman–Crippen MR) is 84.8 cm³/mol. The van der Waals surface area contributed by atoms with Crippen molar-refractivity contribution in [3.05, 3.63) is 46.7 Å². The van der Waals surface area contributed by atoms with Crippen LogP contribution in [0.4, 0.5) is 10.5 Å². The van der Waals surface area contributed by atoms with Gasteiger partial charge in [0.25, 0.3) is 0 Å². The van der Waals surface area contributed by atoms with Crippen molar-refractivity contribution in [2.45, 2.75) is 33.4 Å². The Balaban J connectivity index is 1.87. The zero-order valence-electron chi connectivity index (χ0n) is 12.4. The summed E-state index contributed by atoms with van der Waals surface area (Å²) in [5, 5.41) is 10.7. The summed E-state index contributed by atoms with van der Waals surface area (Å²) in [6, 6.07) is 8.72. The molecule has 6 heteroatoms. The third-order valence-electron chi connectivity index (χ3n) is 3.03. The van der Waals surface area contributed by atoms with Gasteiger partial charge in [-0.25, -0.2) is 4.79 Å². The Bertz CT molecular complexity index is 621. The Hall–Kier alpha value is -2.01. The molecule has 1 unspecified atom stereocenters. The molecule has 0 aliphatic carbocycles. The summed E-state index contributed by atoms with van der Waals surface area (Å²) in [5.74, 6) is 0. The third kappa shape index (κ3) is 4.49. The maximum absolute atomic E-state index is 11.9. The molecule has 0 saturated heterocycles. The van der Waals surface area contributed by atoms with Crippen LogP contribution in [0.15, 0.2) is 30.3 Å². The number of hydrogen-bond acceptors (Lipinski definition) is 2. The van der Waals surface area contributed by atoms with Crippen LogP contribution in [0.2, 0.25) is 5.02 Å². The number of amides is 2. The first-order valence-electron chi connectivity index (χ1n) is 6.78. The van der Waals surface area contributed by atoms with Crippen molar-refractivity contribution in [3.63, 3.8) is 0 Å². The van der Waals surface area contributed by atoms with Gasteiger partial charge >= 0.3 is 6.03 Å². The van der Waals surface area contributed by atoms with E-state index in [0.717, 1.165) is 11.4 Å². The molecular formula is C15H19ClN4O. The van der Waals surface area contributed by atoms with Crippen LogP contribution in [0.1, 0.15) is 18.3 Å². The summed E-state index contributed by atoms with van der Waals surface area (Å²) in [4.78, 5) is 11.9. The Morgan fingerprint density at radius 1 is 1.33 bits per heavy atom. The fraction of sp³-hybridized carbons (Fsp3) is 0.333. The van der Waals surface area contributed by atoms with E-state index in [4.69, 9.17) is 11.6 Å². The first-order chi connectivity index (χ1) is 9.94. The van der Waals surface area contributed by atoms with E-state index in [1.807, 2.05) is 31.5 Å². The maximum Gasteiger partial charge on any atom is 0.319 e. The van der Waals surface area contributed by atoms with Crippen LogP contribution in [-0.2, 0) is 6.54 Å². The highest BCUT2D eigenvalue weighted by molar-refractivity contribution is 6.30. The molecule has 0 aliphatic rings.